The summed E-state index contributed by atoms with van der Waals surface area (Å²) in [5.74, 6) is -0.409. The molecule has 1 rings (SSSR count). The lowest BCUT2D eigenvalue weighted by Crippen LogP contribution is -2.12. The Balaban J connectivity index is 2.69. The van der Waals surface area contributed by atoms with Crippen LogP contribution in [0.5, 0.6) is 0 Å². The molecule has 1 atom stereocenters. The summed E-state index contributed by atoms with van der Waals surface area (Å²) in [4.78, 5) is 11.5. The van der Waals surface area contributed by atoms with Crippen LogP contribution in [-0.2, 0) is 4.74 Å². The Morgan fingerprint density at radius 2 is 2.28 bits per heavy atom. The van der Waals surface area contributed by atoms with Crippen LogP contribution in [0.1, 0.15) is 23.7 Å². The van der Waals surface area contributed by atoms with Crippen LogP contribution in [0.15, 0.2) is 18.2 Å². The molecule has 0 aliphatic carbocycles. The number of hydrogen-bond acceptors (Lipinski definition) is 5. The molecular formula is C13H20N2O2S. The van der Waals surface area contributed by atoms with Crippen molar-refractivity contribution in [1.82, 2.24) is 0 Å². The van der Waals surface area contributed by atoms with Crippen molar-refractivity contribution in [2.45, 2.75) is 18.6 Å². The van der Waals surface area contributed by atoms with Gasteiger partial charge in [0.25, 0.3) is 0 Å². The summed E-state index contributed by atoms with van der Waals surface area (Å²) in [6, 6.07) is 5.32. The average molecular weight is 268 g/mol. The van der Waals surface area contributed by atoms with E-state index in [0.29, 0.717) is 16.5 Å². The fourth-order valence-corrected chi connectivity index (χ4v) is 1.89. The molecule has 0 saturated heterocycles. The van der Waals surface area contributed by atoms with Gasteiger partial charge in [-0.2, -0.15) is 11.8 Å². The summed E-state index contributed by atoms with van der Waals surface area (Å²) in [5.41, 5.74) is 7.57. The first kappa shape index (κ1) is 14.7. The molecule has 100 valence electrons. The lowest BCUT2D eigenvalue weighted by atomic mass is 10.1. The molecule has 0 heterocycles. The predicted molar refractivity (Wildman–Crippen MR) is 78.3 cm³/mol. The molecule has 0 saturated carbocycles. The van der Waals surface area contributed by atoms with Crippen LogP contribution in [-0.4, -0.2) is 31.1 Å². The molecule has 1 aromatic rings. The first-order chi connectivity index (χ1) is 8.60. The number of carbonyl (C=O) groups excluding carboxylic acids is 1. The van der Waals surface area contributed by atoms with Gasteiger partial charge >= 0.3 is 5.97 Å². The van der Waals surface area contributed by atoms with E-state index in [9.17, 15) is 4.79 Å². The summed E-state index contributed by atoms with van der Waals surface area (Å²) in [6.45, 7) is 3.01. The lowest BCUT2D eigenvalue weighted by molar-refractivity contribution is 0.0602. The van der Waals surface area contributed by atoms with Crippen molar-refractivity contribution in [3.63, 3.8) is 0 Å². The molecule has 0 fully saturated rings. The molecule has 0 aliphatic heterocycles. The molecule has 1 aromatic carbocycles. The minimum atomic E-state index is -0.409. The first-order valence-corrected chi connectivity index (χ1v) is 7.12. The van der Waals surface area contributed by atoms with Crippen LogP contribution in [0.2, 0.25) is 0 Å². The zero-order valence-electron chi connectivity index (χ0n) is 11.0. The van der Waals surface area contributed by atoms with E-state index in [1.165, 1.54) is 7.11 Å². The van der Waals surface area contributed by atoms with Crippen LogP contribution in [0, 0.1) is 0 Å². The first-order valence-electron chi connectivity index (χ1n) is 5.83. The average Bonchev–Trinajstić information content (AvgIpc) is 2.39. The number of nitrogen functional groups attached to an aromatic ring is 1. The molecule has 1 unspecified atom stereocenters. The van der Waals surface area contributed by atoms with Crippen LogP contribution >= 0.6 is 11.8 Å². The monoisotopic (exact) mass is 268 g/mol. The van der Waals surface area contributed by atoms with Crippen LogP contribution < -0.4 is 11.1 Å². The number of rotatable bonds is 6. The lowest BCUT2D eigenvalue weighted by Gasteiger charge is -2.13. The molecule has 0 spiro atoms. The van der Waals surface area contributed by atoms with Crippen molar-refractivity contribution < 1.29 is 9.53 Å². The number of hydrogen-bond donors (Lipinski definition) is 2. The number of nitrogens with one attached hydrogen (secondary N) is 1. The summed E-state index contributed by atoms with van der Waals surface area (Å²) in [7, 11) is 1.35. The van der Waals surface area contributed by atoms with Gasteiger partial charge in [0, 0.05) is 11.8 Å². The van der Waals surface area contributed by atoms with Gasteiger partial charge in [0.1, 0.15) is 0 Å². The second-order valence-corrected chi connectivity index (χ2v) is 5.30. The van der Waals surface area contributed by atoms with E-state index in [4.69, 9.17) is 5.73 Å². The summed E-state index contributed by atoms with van der Waals surface area (Å²) in [5, 5.41) is 3.85. The largest absolute Gasteiger partial charge is 0.465 e. The third kappa shape index (κ3) is 3.84. The number of benzene rings is 1. The highest BCUT2D eigenvalue weighted by Crippen LogP contribution is 2.23. The number of esters is 1. The third-order valence-electron chi connectivity index (χ3n) is 2.78. The Kier molecular flexibility index (Phi) is 5.85. The molecule has 3 N–H and O–H groups in total. The van der Waals surface area contributed by atoms with E-state index < -0.39 is 5.97 Å². The summed E-state index contributed by atoms with van der Waals surface area (Å²) in [6.07, 6.45) is 3.14. The standard InChI is InChI=1S/C13H20N2O2S/c1-9(18-3)7-8-15-11-6-4-5-10(12(11)14)13(16)17-2/h4-6,9,15H,7-8,14H2,1-3H3. The summed E-state index contributed by atoms with van der Waals surface area (Å²) < 4.78 is 4.68. The van der Waals surface area contributed by atoms with Crippen LogP contribution in [0.4, 0.5) is 11.4 Å². The fraction of sp³-hybridized carbons (Fsp3) is 0.462. The minimum absolute atomic E-state index is 0.403. The molecule has 5 heteroatoms. The van der Waals surface area contributed by atoms with Gasteiger partial charge in [-0.1, -0.05) is 13.0 Å². The van der Waals surface area contributed by atoms with Crippen molar-refractivity contribution in [2.24, 2.45) is 0 Å². The molecule has 18 heavy (non-hydrogen) atoms. The summed E-state index contributed by atoms with van der Waals surface area (Å²) >= 11 is 1.83. The Morgan fingerprint density at radius 3 is 2.89 bits per heavy atom. The second-order valence-electron chi connectivity index (χ2n) is 4.02. The number of nitrogens with two attached hydrogens (primary N) is 1. The SMILES string of the molecule is COC(=O)c1cccc(NCCC(C)SC)c1N. The zero-order valence-corrected chi connectivity index (χ0v) is 11.8. The number of methoxy groups -OCH3 is 1. The maximum absolute atomic E-state index is 11.5. The molecule has 0 aliphatic rings. The Labute approximate surface area is 112 Å². The number of carbonyl (C=O) groups is 1. The van der Waals surface area contributed by atoms with E-state index in [1.807, 2.05) is 17.8 Å². The van der Waals surface area contributed by atoms with Crippen LogP contribution in [0.25, 0.3) is 0 Å². The van der Waals surface area contributed by atoms with Gasteiger partial charge in [-0.25, -0.2) is 4.79 Å². The highest BCUT2D eigenvalue weighted by atomic mass is 32.2. The van der Waals surface area contributed by atoms with Gasteiger partial charge in [-0.05, 0) is 24.8 Å². The Hall–Kier alpha value is -1.36. The van der Waals surface area contributed by atoms with Gasteiger partial charge in [0.05, 0.1) is 24.0 Å². The van der Waals surface area contributed by atoms with E-state index >= 15 is 0 Å². The highest BCUT2D eigenvalue weighted by Gasteiger charge is 2.12. The molecule has 0 radical (unpaired) electrons. The number of anilines is 2. The topological polar surface area (TPSA) is 64.3 Å². The smallest absolute Gasteiger partial charge is 0.340 e. The zero-order chi connectivity index (χ0) is 13.5. The van der Waals surface area contributed by atoms with Crippen molar-refractivity contribution in [1.29, 1.82) is 0 Å². The van der Waals surface area contributed by atoms with Crippen LogP contribution in [0.3, 0.4) is 0 Å². The van der Waals surface area contributed by atoms with E-state index in [1.54, 1.807) is 12.1 Å². The van der Waals surface area contributed by atoms with E-state index in [0.717, 1.165) is 18.7 Å². The third-order valence-corrected chi connectivity index (χ3v) is 3.82. The normalized spacial score (nSPS) is 11.9. The van der Waals surface area contributed by atoms with Gasteiger partial charge in [0.15, 0.2) is 0 Å². The van der Waals surface area contributed by atoms with Gasteiger partial charge in [0.2, 0.25) is 0 Å². The number of thioether (sulfide) groups is 1. The minimum Gasteiger partial charge on any atom is -0.465 e. The number of ether oxygens (including phenoxy) is 1. The maximum Gasteiger partial charge on any atom is 0.340 e. The molecule has 4 nitrogen and oxygen atoms in total. The quantitative estimate of drug-likeness (QED) is 0.613. The Morgan fingerprint density at radius 1 is 1.56 bits per heavy atom. The second kappa shape index (κ2) is 7.16. The van der Waals surface area contributed by atoms with Crippen molar-refractivity contribution in [2.75, 3.05) is 31.0 Å². The highest BCUT2D eigenvalue weighted by molar-refractivity contribution is 7.99. The molecule has 0 amide bonds. The van der Waals surface area contributed by atoms with E-state index in [-0.39, 0.29) is 0 Å². The van der Waals surface area contributed by atoms with Crippen molar-refractivity contribution >= 4 is 29.1 Å². The van der Waals surface area contributed by atoms with Gasteiger partial charge in [-0.15, -0.1) is 0 Å². The van der Waals surface area contributed by atoms with E-state index in [2.05, 4.69) is 23.2 Å². The van der Waals surface area contributed by atoms with Gasteiger partial charge < -0.3 is 15.8 Å². The van der Waals surface area contributed by atoms with Gasteiger partial charge in [-0.3, -0.25) is 0 Å². The predicted octanol–water partition coefficient (Wildman–Crippen LogP) is 2.61. The molecular weight excluding hydrogens is 248 g/mol. The molecule has 0 bridgehead atoms. The Bertz CT molecular complexity index is 410. The molecule has 0 aromatic heterocycles. The van der Waals surface area contributed by atoms with Crippen molar-refractivity contribution in [3.8, 4) is 0 Å². The van der Waals surface area contributed by atoms with Crippen molar-refractivity contribution in [3.05, 3.63) is 23.8 Å². The fourth-order valence-electron chi connectivity index (χ4n) is 1.54. The number of para-hydroxylation sites is 1. The maximum atomic E-state index is 11.5.